The minimum atomic E-state index is 0.0334. The molecule has 6 nitrogen and oxygen atoms in total. The second-order valence-corrected chi connectivity index (χ2v) is 6.76. The zero-order valence-corrected chi connectivity index (χ0v) is 13.4. The molecule has 0 spiro atoms. The van der Waals surface area contributed by atoms with Gasteiger partial charge in [-0.1, -0.05) is 17.8 Å². The molecule has 3 rings (SSSR count). The minimum Gasteiger partial charge on any atom is -0.363 e. The van der Waals surface area contributed by atoms with Crippen LogP contribution in [0.15, 0.2) is 0 Å². The first-order valence-corrected chi connectivity index (χ1v) is 8.64. The van der Waals surface area contributed by atoms with E-state index in [1.807, 2.05) is 4.90 Å². The summed E-state index contributed by atoms with van der Waals surface area (Å²) < 4.78 is 0. The first kappa shape index (κ1) is 14.7. The summed E-state index contributed by atoms with van der Waals surface area (Å²) in [6, 6.07) is 0.664. The van der Waals surface area contributed by atoms with Gasteiger partial charge in [0.15, 0.2) is 0 Å². The summed E-state index contributed by atoms with van der Waals surface area (Å²) in [5.74, 6) is 0.0334. The molecule has 0 saturated carbocycles. The van der Waals surface area contributed by atoms with E-state index < -0.39 is 0 Å². The monoisotopic (exact) mass is 309 g/mol. The molecule has 1 N–H and O–H groups in total. The van der Waals surface area contributed by atoms with Gasteiger partial charge < -0.3 is 15.1 Å². The van der Waals surface area contributed by atoms with Crippen LogP contribution in [0.25, 0.3) is 0 Å². The fourth-order valence-electron chi connectivity index (χ4n) is 3.26. The summed E-state index contributed by atoms with van der Waals surface area (Å²) in [4.78, 5) is 17.0. The summed E-state index contributed by atoms with van der Waals surface area (Å²) in [6.45, 7) is 4.16. The van der Waals surface area contributed by atoms with Gasteiger partial charge in [-0.25, -0.2) is 0 Å². The maximum atomic E-state index is 12.4. The van der Waals surface area contributed by atoms with Crippen molar-refractivity contribution in [3.63, 3.8) is 0 Å². The highest BCUT2D eigenvalue weighted by atomic mass is 32.1. The van der Waals surface area contributed by atoms with Crippen LogP contribution in [0.2, 0.25) is 0 Å². The first-order valence-electron chi connectivity index (χ1n) is 7.82. The number of hydrogen-bond acceptors (Lipinski definition) is 6. The lowest BCUT2D eigenvalue weighted by atomic mass is 10.00. The number of amides is 1. The average Bonchev–Trinajstić information content (AvgIpc) is 3.04. The van der Waals surface area contributed by atoms with Crippen molar-refractivity contribution in [3.8, 4) is 0 Å². The number of rotatable bonds is 3. The normalized spacial score (nSPS) is 21.5. The first-order chi connectivity index (χ1) is 10.3. The molecule has 2 fully saturated rings. The average molecular weight is 309 g/mol. The molecule has 0 atom stereocenters. The Hall–Kier alpha value is -1.21. The molecule has 1 aromatic rings. The van der Waals surface area contributed by atoms with Crippen molar-refractivity contribution in [1.29, 1.82) is 0 Å². The number of carbonyl (C=O) groups excluding carboxylic acids is 1. The van der Waals surface area contributed by atoms with E-state index in [9.17, 15) is 4.79 Å². The summed E-state index contributed by atoms with van der Waals surface area (Å²) in [5, 5.41) is 12.0. The van der Waals surface area contributed by atoms with Gasteiger partial charge in [0.25, 0.3) is 5.91 Å². The molecule has 0 aromatic carbocycles. The molecular weight excluding hydrogens is 286 g/mol. The second kappa shape index (κ2) is 6.70. The Bertz CT molecular complexity index is 477. The lowest BCUT2D eigenvalue weighted by Gasteiger charge is -2.40. The van der Waals surface area contributed by atoms with Crippen molar-refractivity contribution < 1.29 is 4.79 Å². The Labute approximate surface area is 129 Å². The summed E-state index contributed by atoms with van der Waals surface area (Å²) >= 11 is 1.33. The van der Waals surface area contributed by atoms with E-state index in [1.165, 1.54) is 43.7 Å². The second-order valence-electron chi connectivity index (χ2n) is 5.78. The number of likely N-dealkylation sites (tertiary alicyclic amines) is 2. The number of nitrogens with zero attached hydrogens (tertiary/aromatic N) is 4. The number of carbonyl (C=O) groups is 1. The molecule has 0 radical (unpaired) electrons. The summed E-state index contributed by atoms with van der Waals surface area (Å²) in [7, 11) is 1.79. The van der Waals surface area contributed by atoms with Gasteiger partial charge in [0.05, 0.1) is 0 Å². The topological polar surface area (TPSA) is 61.4 Å². The van der Waals surface area contributed by atoms with E-state index in [-0.39, 0.29) is 5.91 Å². The van der Waals surface area contributed by atoms with Gasteiger partial charge in [0.1, 0.15) is 0 Å². The summed E-state index contributed by atoms with van der Waals surface area (Å²) in [6.07, 6.45) is 6.21. The molecule has 21 heavy (non-hydrogen) atoms. The van der Waals surface area contributed by atoms with Crippen molar-refractivity contribution in [1.82, 2.24) is 20.0 Å². The van der Waals surface area contributed by atoms with E-state index in [0.29, 0.717) is 16.2 Å². The standard InChI is InChI=1S/C14H23N5OS/c1-15-14-17-16-12(21-14)13(20)19-9-5-11(6-10-19)18-7-3-2-4-8-18/h11H,2-10H2,1H3,(H,15,17). The fraction of sp³-hybridized carbons (Fsp3) is 0.786. The van der Waals surface area contributed by atoms with Crippen molar-refractivity contribution in [2.45, 2.75) is 38.1 Å². The van der Waals surface area contributed by atoms with Crippen LogP contribution in [0.1, 0.15) is 41.9 Å². The van der Waals surface area contributed by atoms with Gasteiger partial charge >= 0.3 is 0 Å². The van der Waals surface area contributed by atoms with Crippen LogP contribution in [0.5, 0.6) is 0 Å². The number of anilines is 1. The van der Waals surface area contributed by atoms with Gasteiger partial charge in [-0.2, -0.15) is 0 Å². The molecule has 0 bridgehead atoms. The van der Waals surface area contributed by atoms with E-state index >= 15 is 0 Å². The number of hydrogen-bond donors (Lipinski definition) is 1. The molecule has 0 aliphatic carbocycles. The highest BCUT2D eigenvalue weighted by Gasteiger charge is 2.29. The van der Waals surface area contributed by atoms with Gasteiger partial charge in [-0.15, -0.1) is 10.2 Å². The predicted octanol–water partition coefficient (Wildman–Crippen LogP) is 1.67. The Morgan fingerprint density at radius 2 is 1.86 bits per heavy atom. The van der Waals surface area contributed by atoms with Crippen molar-refractivity contribution >= 4 is 22.4 Å². The molecule has 2 aliphatic heterocycles. The van der Waals surface area contributed by atoms with Crippen LogP contribution in [-0.2, 0) is 0 Å². The largest absolute Gasteiger partial charge is 0.363 e. The molecule has 1 aromatic heterocycles. The van der Waals surface area contributed by atoms with Gasteiger partial charge in [0, 0.05) is 26.2 Å². The molecule has 3 heterocycles. The van der Waals surface area contributed by atoms with Crippen LogP contribution in [0, 0.1) is 0 Å². The number of piperidine rings is 2. The van der Waals surface area contributed by atoms with Crippen LogP contribution in [0.4, 0.5) is 5.13 Å². The van der Waals surface area contributed by atoms with Crippen molar-refractivity contribution in [3.05, 3.63) is 5.01 Å². The number of aromatic nitrogens is 2. The molecule has 0 unspecified atom stereocenters. The zero-order chi connectivity index (χ0) is 14.7. The SMILES string of the molecule is CNc1nnc(C(=O)N2CCC(N3CCCCC3)CC2)s1. The molecule has 2 saturated heterocycles. The van der Waals surface area contributed by atoms with Crippen LogP contribution in [0.3, 0.4) is 0 Å². The van der Waals surface area contributed by atoms with Gasteiger partial charge in [-0.3, -0.25) is 4.79 Å². The zero-order valence-electron chi connectivity index (χ0n) is 12.5. The minimum absolute atomic E-state index is 0.0334. The summed E-state index contributed by atoms with van der Waals surface area (Å²) in [5.41, 5.74) is 0. The maximum absolute atomic E-state index is 12.4. The molecule has 1 amide bonds. The van der Waals surface area contributed by atoms with E-state index in [2.05, 4.69) is 20.4 Å². The van der Waals surface area contributed by atoms with Crippen molar-refractivity contribution in [2.24, 2.45) is 0 Å². The maximum Gasteiger partial charge on any atom is 0.284 e. The molecule has 2 aliphatic rings. The third kappa shape index (κ3) is 3.35. The van der Waals surface area contributed by atoms with E-state index in [0.717, 1.165) is 25.9 Å². The van der Waals surface area contributed by atoms with Crippen LogP contribution in [-0.4, -0.2) is 65.2 Å². The Morgan fingerprint density at radius 3 is 2.48 bits per heavy atom. The lowest BCUT2D eigenvalue weighted by Crippen LogP contribution is -2.48. The Morgan fingerprint density at radius 1 is 1.14 bits per heavy atom. The fourth-order valence-corrected chi connectivity index (χ4v) is 3.93. The molecule has 7 heteroatoms. The van der Waals surface area contributed by atoms with Crippen LogP contribution >= 0.6 is 11.3 Å². The van der Waals surface area contributed by atoms with Crippen molar-refractivity contribution in [2.75, 3.05) is 38.5 Å². The highest BCUT2D eigenvalue weighted by molar-refractivity contribution is 7.17. The highest BCUT2D eigenvalue weighted by Crippen LogP contribution is 2.23. The van der Waals surface area contributed by atoms with E-state index in [4.69, 9.17) is 0 Å². The van der Waals surface area contributed by atoms with Gasteiger partial charge in [-0.05, 0) is 38.8 Å². The van der Waals surface area contributed by atoms with Gasteiger partial charge in [0.2, 0.25) is 10.1 Å². The predicted molar refractivity (Wildman–Crippen MR) is 83.8 cm³/mol. The van der Waals surface area contributed by atoms with Crippen LogP contribution < -0.4 is 5.32 Å². The lowest BCUT2D eigenvalue weighted by molar-refractivity contribution is 0.0589. The molecular formula is C14H23N5OS. The third-order valence-electron chi connectivity index (χ3n) is 4.48. The van der Waals surface area contributed by atoms with E-state index in [1.54, 1.807) is 7.05 Å². The Kier molecular flexibility index (Phi) is 4.70. The Balaban J connectivity index is 1.53. The third-order valence-corrected chi connectivity index (χ3v) is 5.41. The number of nitrogens with one attached hydrogen (secondary N) is 1. The smallest absolute Gasteiger partial charge is 0.284 e. The quantitative estimate of drug-likeness (QED) is 0.920. The molecule has 116 valence electrons.